The van der Waals surface area contributed by atoms with E-state index in [1.54, 1.807) is 4.57 Å². The standard InChI is InChI=1S/C16H17N5O3S2/c1-10(22)18-13-8-7-11(9-12(13)17)26(23,24)20-19-16-21(2)14-5-3-4-6-15(14)25-16/h3-9,20H,17H2,1-2H3,(H,18,22)/b19-16+. The number of nitrogen functional groups attached to an aromatic ring is 1. The van der Waals surface area contributed by atoms with Crippen LogP contribution in [-0.2, 0) is 21.9 Å². The SMILES string of the molecule is CC(=O)Nc1ccc(S(=O)(=O)N/N=c2/sc3ccccc3n2C)cc1N. The zero-order valence-electron chi connectivity index (χ0n) is 14.1. The van der Waals surface area contributed by atoms with E-state index in [-0.39, 0.29) is 16.5 Å². The van der Waals surface area contributed by atoms with Crippen LogP contribution in [0.5, 0.6) is 0 Å². The van der Waals surface area contributed by atoms with Crippen LogP contribution in [0.1, 0.15) is 6.92 Å². The normalized spacial score (nSPS) is 12.3. The second-order valence-corrected chi connectivity index (χ2v) is 8.22. The number of hydrogen-bond donors (Lipinski definition) is 3. The molecule has 1 aromatic heterocycles. The fraction of sp³-hybridized carbons (Fsp3) is 0.125. The fourth-order valence-corrected chi connectivity index (χ4v) is 4.23. The van der Waals surface area contributed by atoms with Crippen molar-refractivity contribution >= 4 is 48.9 Å². The molecule has 0 radical (unpaired) electrons. The summed E-state index contributed by atoms with van der Waals surface area (Å²) >= 11 is 1.37. The first kappa shape index (κ1) is 18.0. The van der Waals surface area contributed by atoms with Crippen LogP contribution in [0, 0.1) is 0 Å². The number of benzene rings is 2. The van der Waals surface area contributed by atoms with E-state index in [1.807, 2.05) is 31.3 Å². The smallest absolute Gasteiger partial charge is 0.276 e. The summed E-state index contributed by atoms with van der Waals surface area (Å²) in [6.45, 7) is 1.34. The number of nitrogens with one attached hydrogen (secondary N) is 2. The van der Waals surface area contributed by atoms with Crippen molar-refractivity contribution in [3.8, 4) is 0 Å². The Bertz CT molecular complexity index is 1160. The highest BCUT2D eigenvalue weighted by molar-refractivity contribution is 7.89. The van der Waals surface area contributed by atoms with Crippen LogP contribution in [0.25, 0.3) is 10.2 Å². The van der Waals surface area contributed by atoms with Gasteiger partial charge in [0.1, 0.15) is 0 Å². The van der Waals surface area contributed by atoms with E-state index in [9.17, 15) is 13.2 Å². The molecule has 0 aliphatic heterocycles. The van der Waals surface area contributed by atoms with Gasteiger partial charge in [-0.05, 0) is 30.3 Å². The molecule has 0 saturated carbocycles. The Kier molecular flexibility index (Phi) is 4.70. The Morgan fingerprint density at radius 2 is 1.96 bits per heavy atom. The molecule has 4 N–H and O–H groups in total. The highest BCUT2D eigenvalue weighted by Crippen LogP contribution is 2.22. The van der Waals surface area contributed by atoms with Gasteiger partial charge in [-0.3, -0.25) is 4.79 Å². The number of carbonyl (C=O) groups is 1. The molecule has 1 amide bonds. The van der Waals surface area contributed by atoms with Crippen LogP contribution in [-0.4, -0.2) is 18.9 Å². The van der Waals surface area contributed by atoms with Crippen LogP contribution in [0.3, 0.4) is 0 Å². The zero-order valence-corrected chi connectivity index (χ0v) is 15.7. The Balaban J connectivity index is 1.92. The third-order valence-electron chi connectivity index (χ3n) is 3.62. The van der Waals surface area contributed by atoms with Gasteiger partial charge in [0.15, 0.2) is 0 Å². The Hall–Kier alpha value is -2.85. The number of para-hydroxylation sites is 1. The zero-order chi connectivity index (χ0) is 18.9. The Morgan fingerprint density at radius 1 is 1.23 bits per heavy atom. The third kappa shape index (κ3) is 3.55. The van der Waals surface area contributed by atoms with Crippen molar-refractivity contribution in [3.05, 3.63) is 47.3 Å². The molecule has 8 nitrogen and oxygen atoms in total. The summed E-state index contributed by atoms with van der Waals surface area (Å²) in [4.78, 5) is 13.8. The lowest BCUT2D eigenvalue weighted by atomic mass is 10.2. The van der Waals surface area contributed by atoms with Crippen molar-refractivity contribution in [3.63, 3.8) is 0 Å². The number of aryl methyl sites for hydroxylation is 1. The minimum atomic E-state index is -3.90. The molecule has 0 fully saturated rings. The fourth-order valence-electron chi connectivity index (χ4n) is 2.35. The van der Waals surface area contributed by atoms with Crippen LogP contribution in [0.15, 0.2) is 52.5 Å². The minimum Gasteiger partial charge on any atom is -0.397 e. The molecular weight excluding hydrogens is 374 g/mol. The average molecular weight is 391 g/mol. The van der Waals surface area contributed by atoms with Gasteiger partial charge in [-0.25, -0.2) is 0 Å². The lowest BCUT2D eigenvalue weighted by molar-refractivity contribution is -0.114. The number of nitrogens with two attached hydrogens (primary N) is 1. The van der Waals surface area contributed by atoms with Gasteiger partial charge >= 0.3 is 0 Å². The molecular formula is C16H17N5O3S2. The molecule has 3 aromatic rings. The number of thiazole rings is 1. The second-order valence-electron chi connectivity index (χ2n) is 5.55. The van der Waals surface area contributed by atoms with E-state index in [0.717, 1.165) is 10.2 Å². The van der Waals surface area contributed by atoms with Gasteiger partial charge in [0.05, 0.1) is 26.5 Å². The van der Waals surface area contributed by atoms with E-state index in [0.29, 0.717) is 10.5 Å². The molecule has 26 heavy (non-hydrogen) atoms. The number of anilines is 2. The number of fused-ring (bicyclic) bond motifs is 1. The van der Waals surface area contributed by atoms with Crippen molar-refractivity contribution in [2.45, 2.75) is 11.8 Å². The molecule has 0 unspecified atom stereocenters. The average Bonchev–Trinajstić information content (AvgIpc) is 2.91. The molecule has 0 bridgehead atoms. The predicted molar refractivity (Wildman–Crippen MR) is 102 cm³/mol. The molecule has 3 rings (SSSR count). The van der Waals surface area contributed by atoms with Crippen LogP contribution in [0.2, 0.25) is 0 Å². The first-order valence-electron chi connectivity index (χ1n) is 7.55. The molecule has 0 atom stereocenters. The van der Waals surface area contributed by atoms with Crippen LogP contribution in [0.4, 0.5) is 11.4 Å². The number of amides is 1. The Morgan fingerprint density at radius 3 is 2.62 bits per heavy atom. The molecule has 136 valence electrons. The van der Waals surface area contributed by atoms with Gasteiger partial charge in [-0.1, -0.05) is 23.5 Å². The van der Waals surface area contributed by atoms with E-state index in [4.69, 9.17) is 5.73 Å². The van der Waals surface area contributed by atoms with Crippen molar-refractivity contribution < 1.29 is 13.2 Å². The summed E-state index contributed by atoms with van der Waals surface area (Å²) in [5.74, 6) is -0.294. The highest BCUT2D eigenvalue weighted by atomic mass is 32.2. The maximum Gasteiger partial charge on any atom is 0.276 e. The summed E-state index contributed by atoms with van der Waals surface area (Å²) in [6.07, 6.45) is 0. The number of carbonyl (C=O) groups excluding carboxylic acids is 1. The lowest BCUT2D eigenvalue weighted by Gasteiger charge is -2.09. The van der Waals surface area contributed by atoms with Crippen molar-refractivity contribution in [1.29, 1.82) is 0 Å². The molecule has 1 heterocycles. The Labute approximate surface area is 154 Å². The van der Waals surface area contributed by atoms with Gasteiger partial charge in [0, 0.05) is 14.0 Å². The van der Waals surface area contributed by atoms with E-state index in [1.165, 1.54) is 36.5 Å². The van der Waals surface area contributed by atoms with Crippen LogP contribution < -0.4 is 20.7 Å². The molecule has 2 aromatic carbocycles. The predicted octanol–water partition coefficient (Wildman–Crippen LogP) is 1.57. The van der Waals surface area contributed by atoms with E-state index in [2.05, 4.69) is 15.2 Å². The van der Waals surface area contributed by atoms with Gasteiger partial charge in [0.25, 0.3) is 10.0 Å². The number of aromatic nitrogens is 1. The number of sulfonamides is 1. The quantitative estimate of drug-likeness (QED) is 0.462. The van der Waals surface area contributed by atoms with E-state index >= 15 is 0 Å². The molecule has 0 aliphatic rings. The van der Waals surface area contributed by atoms with Crippen molar-refractivity contribution in [2.24, 2.45) is 12.1 Å². The van der Waals surface area contributed by atoms with Crippen LogP contribution >= 0.6 is 11.3 Å². The molecule has 0 saturated heterocycles. The lowest BCUT2D eigenvalue weighted by Crippen LogP contribution is -2.23. The number of nitrogens with zero attached hydrogens (tertiary/aromatic N) is 2. The summed E-state index contributed by atoms with van der Waals surface area (Å²) < 4.78 is 27.7. The number of rotatable bonds is 4. The largest absolute Gasteiger partial charge is 0.397 e. The first-order valence-corrected chi connectivity index (χ1v) is 9.85. The summed E-state index contributed by atoms with van der Waals surface area (Å²) in [7, 11) is -2.08. The maximum atomic E-state index is 12.5. The van der Waals surface area contributed by atoms with Gasteiger partial charge in [-0.2, -0.15) is 13.2 Å². The monoisotopic (exact) mass is 391 g/mol. The second kappa shape index (κ2) is 6.81. The van der Waals surface area contributed by atoms with Crippen molar-refractivity contribution in [1.82, 2.24) is 9.40 Å². The van der Waals surface area contributed by atoms with Gasteiger partial charge in [-0.15, -0.1) is 5.10 Å². The highest BCUT2D eigenvalue weighted by Gasteiger charge is 2.15. The van der Waals surface area contributed by atoms with E-state index < -0.39 is 10.0 Å². The number of hydrogen-bond acceptors (Lipinski definition) is 6. The molecule has 0 aliphatic carbocycles. The molecule has 0 spiro atoms. The molecule has 10 heteroatoms. The van der Waals surface area contributed by atoms with Gasteiger partial charge < -0.3 is 15.6 Å². The summed E-state index contributed by atoms with van der Waals surface area (Å²) in [5.41, 5.74) is 7.27. The summed E-state index contributed by atoms with van der Waals surface area (Å²) in [5, 5.41) is 6.55. The minimum absolute atomic E-state index is 0.0448. The third-order valence-corrected chi connectivity index (χ3v) is 5.94. The van der Waals surface area contributed by atoms with Gasteiger partial charge in [0.2, 0.25) is 10.7 Å². The maximum absolute atomic E-state index is 12.5. The van der Waals surface area contributed by atoms with Crippen molar-refractivity contribution in [2.75, 3.05) is 11.1 Å². The topological polar surface area (TPSA) is 119 Å². The first-order chi connectivity index (χ1) is 12.3. The summed E-state index contributed by atoms with van der Waals surface area (Å²) in [6, 6.07) is 11.7.